The number of hydrogen-bond donors (Lipinski definition) is 0. The Morgan fingerprint density at radius 2 is 1.56 bits per heavy atom. The molecule has 11 heteroatoms. The molecule has 152 valence electrons. The van der Waals surface area contributed by atoms with Crippen molar-refractivity contribution in [3.05, 3.63) is 28.2 Å². The minimum atomic E-state index is -3.87. The van der Waals surface area contributed by atoms with Gasteiger partial charge in [-0.3, -0.25) is 4.79 Å². The number of halogens is 2. The van der Waals surface area contributed by atoms with E-state index in [0.29, 0.717) is 0 Å². The molecule has 1 aliphatic heterocycles. The lowest BCUT2D eigenvalue weighted by Crippen LogP contribution is -2.53. The molecular weight excluding hydrogens is 435 g/mol. The van der Waals surface area contributed by atoms with Gasteiger partial charge in [-0.15, -0.1) is 0 Å². The van der Waals surface area contributed by atoms with Gasteiger partial charge in [-0.05, 0) is 39.0 Å². The maximum Gasteiger partial charge on any atom is 0.244 e. The Kier molecular flexibility index (Phi) is 6.85. The molecule has 0 N–H and O–H groups in total. The number of benzene rings is 1. The zero-order chi connectivity index (χ0) is 20.6. The van der Waals surface area contributed by atoms with Crippen molar-refractivity contribution >= 4 is 49.0 Å². The van der Waals surface area contributed by atoms with Crippen LogP contribution in [0.2, 0.25) is 10.0 Å². The molecule has 1 atom stereocenters. The lowest BCUT2D eigenvalue weighted by molar-refractivity contribution is -0.131. The third-order valence-corrected chi connectivity index (χ3v) is 9.68. The molecular formula is C16H22Cl2N2O5S2. The Labute approximate surface area is 170 Å². The monoisotopic (exact) mass is 456 g/mol. The summed E-state index contributed by atoms with van der Waals surface area (Å²) in [5, 5.41) is -1.51. The zero-order valence-corrected chi connectivity index (χ0v) is 18.4. The summed E-state index contributed by atoms with van der Waals surface area (Å²) in [5.41, 5.74) is 0. The number of piperazine rings is 1. The van der Waals surface area contributed by atoms with Crippen molar-refractivity contribution in [2.75, 3.05) is 26.2 Å². The molecule has 27 heavy (non-hydrogen) atoms. The number of nitrogens with zero attached hydrogens (tertiary/aromatic N) is 2. The normalized spacial score (nSPS) is 17.9. The van der Waals surface area contributed by atoms with Gasteiger partial charge in [-0.2, -0.15) is 4.31 Å². The molecule has 1 unspecified atom stereocenters. The van der Waals surface area contributed by atoms with Gasteiger partial charge < -0.3 is 4.90 Å². The highest BCUT2D eigenvalue weighted by Crippen LogP contribution is 2.28. The van der Waals surface area contributed by atoms with Crippen molar-refractivity contribution in [1.82, 2.24) is 9.21 Å². The molecule has 1 aromatic carbocycles. The van der Waals surface area contributed by atoms with E-state index in [-0.39, 0.29) is 41.1 Å². The van der Waals surface area contributed by atoms with Crippen LogP contribution in [-0.4, -0.2) is 68.6 Å². The quantitative estimate of drug-likeness (QED) is 0.675. The number of hydrogen-bond acceptors (Lipinski definition) is 5. The first-order chi connectivity index (χ1) is 12.4. The SMILES string of the molecule is CC(C)S(=O)(=O)C(C)C(=O)N1CCN(S(=O)(=O)c2cc(Cl)ccc2Cl)CC1. The minimum absolute atomic E-state index is 0.0470. The van der Waals surface area contributed by atoms with Crippen LogP contribution in [0, 0.1) is 0 Å². The van der Waals surface area contributed by atoms with Crippen LogP contribution >= 0.6 is 23.2 Å². The van der Waals surface area contributed by atoms with Crippen LogP contribution in [0.5, 0.6) is 0 Å². The number of rotatable bonds is 5. The van der Waals surface area contributed by atoms with Gasteiger partial charge in [0.15, 0.2) is 9.84 Å². The highest BCUT2D eigenvalue weighted by Gasteiger charge is 2.37. The van der Waals surface area contributed by atoms with E-state index in [1.807, 2.05) is 0 Å². The van der Waals surface area contributed by atoms with Gasteiger partial charge in [0.25, 0.3) is 0 Å². The summed E-state index contributed by atoms with van der Waals surface area (Å²) in [4.78, 5) is 13.8. The second kappa shape index (κ2) is 8.24. The van der Waals surface area contributed by atoms with Crippen molar-refractivity contribution in [2.24, 2.45) is 0 Å². The maximum absolute atomic E-state index is 12.8. The van der Waals surface area contributed by atoms with Gasteiger partial charge in [0.1, 0.15) is 10.1 Å². The number of carbonyl (C=O) groups excluding carboxylic acids is 1. The fourth-order valence-corrected chi connectivity index (χ4v) is 6.17. The van der Waals surface area contributed by atoms with E-state index < -0.39 is 36.3 Å². The van der Waals surface area contributed by atoms with Crippen LogP contribution in [0.1, 0.15) is 20.8 Å². The maximum atomic E-state index is 12.8. The average Bonchev–Trinajstić information content (AvgIpc) is 2.62. The van der Waals surface area contributed by atoms with Crippen molar-refractivity contribution < 1.29 is 21.6 Å². The molecule has 0 spiro atoms. The van der Waals surface area contributed by atoms with E-state index >= 15 is 0 Å². The summed E-state index contributed by atoms with van der Waals surface area (Å²) in [6.07, 6.45) is 0. The Morgan fingerprint density at radius 1 is 1.00 bits per heavy atom. The van der Waals surface area contributed by atoms with E-state index in [0.717, 1.165) is 0 Å². The Bertz CT molecular complexity index is 924. The molecule has 2 rings (SSSR count). The summed E-state index contributed by atoms with van der Waals surface area (Å²) in [6.45, 7) is 4.72. The number of carbonyl (C=O) groups is 1. The number of amides is 1. The van der Waals surface area contributed by atoms with E-state index in [1.165, 1.54) is 48.2 Å². The van der Waals surface area contributed by atoms with Gasteiger partial charge in [0, 0.05) is 31.2 Å². The van der Waals surface area contributed by atoms with Crippen molar-refractivity contribution in [3.8, 4) is 0 Å². The van der Waals surface area contributed by atoms with E-state index in [1.54, 1.807) is 0 Å². The van der Waals surface area contributed by atoms with Gasteiger partial charge >= 0.3 is 0 Å². The molecule has 0 aromatic heterocycles. The standard InChI is InChI=1S/C16H22Cl2N2O5S2/c1-11(2)26(22,23)12(3)16(21)19-6-8-20(9-7-19)27(24,25)15-10-13(17)4-5-14(15)18/h4-5,10-12H,6-9H2,1-3H3. The number of sulfonamides is 1. The third kappa shape index (κ3) is 4.59. The molecule has 1 aliphatic rings. The first-order valence-corrected chi connectivity index (χ1v) is 12.2. The topological polar surface area (TPSA) is 91.8 Å². The van der Waals surface area contributed by atoms with Gasteiger partial charge in [0.2, 0.25) is 15.9 Å². The molecule has 1 aromatic rings. The van der Waals surface area contributed by atoms with Crippen LogP contribution in [0.15, 0.2) is 23.1 Å². The number of sulfone groups is 1. The second-order valence-corrected chi connectivity index (χ2v) is 12.2. The van der Waals surface area contributed by atoms with Crippen molar-refractivity contribution in [3.63, 3.8) is 0 Å². The first-order valence-electron chi connectivity index (χ1n) is 8.35. The summed E-state index contributed by atoms with van der Waals surface area (Å²) in [6, 6.07) is 4.19. The van der Waals surface area contributed by atoms with Gasteiger partial charge in [-0.25, -0.2) is 16.8 Å². The lowest BCUT2D eigenvalue weighted by Gasteiger charge is -2.35. The van der Waals surface area contributed by atoms with E-state index in [4.69, 9.17) is 23.2 Å². The predicted octanol–water partition coefficient (Wildman–Crippen LogP) is 2.04. The predicted molar refractivity (Wildman–Crippen MR) is 105 cm³/mol. The average molecular weight is 457 g/mol. The van der Waals surface area contributed by atoms with Crippen molar-refractivity contribution in [2.45, 2.75) is 36.2 Å². The minimum Gasteiger partial charge on any atom is -0.339 e. The summed E-state index contributed by atoms with van der Waals surface area (Å²) < 4.78 is 51.2. The van der Waals surface area contributed by atoms with Gasteiger partial charge in [0.05, 0.1) is 10.3 Å². The Morgan fingerprint density at radius 3 is 2.07 bits per heavy atom. The summed E-state index contributed by atoms with van der Waals surface area (Å²) in [5.74, 6) is -0.512. The molecule has 1 amide bonds. The molecule has 0 saturated carbocycles. The van der Waals surface area contributed by atoms with E-state index in [9.17, 15) is 21.6 Å². The molecule has 0 radical (unpaired) electrons. The second-order valence-electron chi connectivity index (χ2n) is 6.58. The fraction of sp³-hybridized carbons (Fsp3) is 0.562. The van der Waals surface area contributed by atoms with Crippen molar-refractivity contribution in [1.29, 1.82) is 0 Å². The molecule has 1 heterocycles. The van der Waals surface area contributed by atoms with Crippen LogP contribution in [0.3, 0.4) is 0 Å². The third-order valence-electron chi connectivity index (χ3n) is 4.56. The van der Waals surface area contributed by atoms with Crippen LogP contribution in [0.25, 0.3) is 0 Å². The summed E-state index contributed by atoms with van der Waals surface area (Å²) in [7, 11) is -7.44. The van der Waals surface area contributed by atoms with Crippen LogP contribution in [0.4, 0.5) is 0 Å². The summed E-state index contributed by atoms with van der Waals surface area (Å²) >= 11 is 11.9. The first kappa shape index (κ1) is 22.4. The molecule has 1 saturated heterocycles. The fourth-order valence-electron chi connectivity index (χ4n) is 2.77. The Hall–Kier alpha value is -0.870. The zero-order valence-electron chi connectivity index (χ0n) is 15.2. The highest BCUT2D eigenvalue weighted by molar-refractivity contribution is 7.93. The highest BCUT2D eigenvalue weighted by atomic mass is 35.5. The smallest absolute Gasteiger partial charge is 0.244 e. The Balaban J connectivity index is 2.13. The molecule has 7 nitrogen and oxygen atoms in total. The van der Waals surface area contributed by atoms with Crippen LogP contribution in [-0.2, 0) is 24.7 Å². The van der Waals surface area contributed by atoms with Crippen LogP contribution < -0.4 is 0 Å². The van der Waals surface area contributed by atoms with E-state index in [2.05, 4.69) is 0 Å². The molecule has 0 aliphatic carbocycles. The largest absolute Gasteiger partial charge is 0.339 e. The lowest BCUT2D eigenvalue weighted by atomic mass is 10.3. The molecule has 1 fully saturated rings. The molecule has 0 bridgehead atoms. The van der Waals surface area contributed by atoms with Gasteiger partial charge in [-0.1, -0.05) is 23.2 Å².